The molecule has 1 fully saturated rings. The molecular weight excluding hydrogens is 316 g/mol. The average Bonchev–Trinajstić information content (AvgIpc) is 3.26. The number of carbonyl (C=O) groups is 1. The van der Waals surface area contributed by atoms with Crippen molar-refractivity contribution in [3.8, 4) is 0 Å². The van der Waals surface area contributed by atoms with Crippen molar-refractivity contribution in [1.82, 2.24) is 9.88 Å². The van der Waals surface area contributed by atoms with Crippen LogP contribution in [0.5, 0.6) is 0 Å². The molecule has 1 aromatic heterocycles. The Bertz CT molecular complexity index is 748. The summed E-state index contributed by atoms with van der Waals surface area (Å²) in [6.45, 7) is 1.05. The molecule has 1 aliphatic heterocycles. The number of hydrogen-bond donors (Lipinski definition) is 1. The summed E-state index contributed by atoms with van der Waals surface area (Å²) in [5.41, 5.74) is 0.959. The van der Waals surface area contributed by atoms with Gasteiger partial charge in [0.2, 0.25) is 0 Å². The monoisotopic (exact) mass is 340 g/mol. The Kier molecular flexibility index (Phi) is 4.34. The molecule has 4 rings (SSSR count). The zero-order chi connectivity index (χ0) is 17.3. The van der Waals surface area contributed by atoms with E-state index in [2.05, 4.69) is 17.1 Å². The van der Waals surface area contributed by atoms with E-state index >= 15 is 0 Å². The van der Waals surface area contributed by atoms with E-state index in [1.165, 1.54) is 5.56 Å². The summed E-state index contributed by atoms with van der Waals surface area (Å²) in [6.07, 6.45) is 5.34. The smallest absolute Gasteiger partial charge is 0.254 e. The summed E-state index contributed by atoms with van der Waals surface area (Å²) < 4.78 is 5.89. The van der Waals surface area contributed by atoms with E-state index in [0.717, 1.165) is 43.0 Å². The van der Waals surface area contributed by atoms with Gasteiger partial charge in [-0.25, -0.2) is 4.98 Å². The molecule has 1 N–H and O–H groups in total. The van der Waals surface area contributed by atoms with Crippen molar-refractivity contribution in [2.75, 3.05) is 6.54 Å². The molecule has 2 aromatic rings. The molecule has 2 aliphatic rings. The quantitative estimate of drug-likeness (QED) is 0.929. The Balaban J connectivity index is 1.41. The highest BCUT2D eigenvalue weighted by Crippen LogP contribution is 2.33. The molecule has 0 spiro atoms. The van der Waals surface area contributed by atoms with Gasteiger partial charge >= 0.3 is 0 Å². The minimum absolute atomic E-state index is 0.135. The van der Waals surface area contributed by atoms with Crippen molar-refractivity contribution in [1.29, 1.82) is 0 Å². The fourth-order valence-electron chi connectivity index (χ4n) is 3.90. The second-order valence-corrected chi connectivity index (χ2v) is 7.18. The summed E-state index contributed by atoms with van der Waals surface area (Å²) in [5.74, 6) is 1.50. The Morgan fingerprint density at radius 1 is 1.20 bits per heavy atom. The average molecular weight is 340 g/mol. The van der Waals surface area contributed by atoms with Gasteiger partial charge in [-0.15, -0.1) is 0 Å². The van der Waals surface area contributed by atoms with Crippen LogP contribution in [-0.2, 0) is 30.6 Å². The summed E-state index contributed by atoms with van der Waals surface area (Å²) >= 11 is 0. The topological polar surface area (TPSA) is 66.6 Å². The Hall–Kier alpha value is -2.14. The first-order valence-corrected chi connectivity index (χ1v) is 9.17. The molecule has 1 saturated carbocycles. The molecule has 0 radical (unpaired) electrons. The van der Waals surface area contributed by atoms with Crippen LogP contribution >= 0.6 is 0 Å². The number of aryl methyl sites for hydroxylation is 2. The first-order chi connectivity index (χ1) is 12.1. The van der Waals surface area contributed by atoms with Gasteiger partial charge in [0.25, 0.3) is 5.91 Å². The number of aromatic nitrogens is 1. The molecule has 0 unspecified atom stereocenters. The number of nitrogens with zero attached hydrogens (tertiary/aromatic N) is 2. The van der Waals surface area contributed by atoms with Gasteiger partial charge in [-0.2, -0.15) is 0 Å². The van der Waals surface area contributed by atoms with Gasteiger partial charge < -0.3 is 14.4 Å². The third-order valence-electron chi connectivity index (χ3n) is 5.36. The van der Waals surface area contributed by atoms with Gasteiger partial charge in [0.15, 0.2) is 5.89 Å². The number of benzene rings is 1. The van der Waals surface area contributed by atoms with Gasteiger partial charge in [0, 0.05) is 19.4 Å². The van der Waals surface area contributed by atoms with E-state index in [-0.39, 0.29) is 5.91 Å². The number of rotatable bonds is 4. The molecule has 1 aliphatic carbocycles. The Morgan fingerprint density at radius 2 is 1.96 bits per heavy atom. The minimum atomic E-state index is -1.16. The Labute approximate surface area is 147 Å². The van der Waals surface area contributed by atoms with E-state index in [0.29, 0.717) is 32.4 Å². The van der Waals surface area contributed by atoms with E-state index in [1.807, 2.05) is 18.2 Å². The maximum Gasteiger partial charge on any atom is 0.254 e. The third kappa shape index (κ3) is 3.33. The highest BCUT2D eigenvalue weighted by atomic mass is 16.4. The van der Waals surface area contributed by atoms with Crippen molar-refractivity contribution in [3.05, 3.63) is 53.2 Å². The molecule has 0 saturated heterocycles. The summed E-state index contributed by atoms with van der Waals surface area (Å²) in [5, 5.41) is 10.5. The highest BCUT2D eigenvalue weighted by Gasteiger charge is 2.42. The number of fused-ring (bicyclic) bond motifs is 1. The van der Waals surface area contributed by atoms with Crippen molar-refractivity contribution in [2.45, 2.75) is 57.1 Å². The summed E-state index contributed by atoms with van der Waals surface area (Å²) in [6, 6.07) is 10.3. The fourth-order valence-corrected chi connectivity index (χ4v) is 3.90. The normalized spacial score (nSPS) is 19.0. The molecule has 1 amide bonds. The summed E-state index contributed by atoms with van der Waals surface area (Å²) in [4.78, 5) is 19.0. The summed E-state index contributed by atoms with van der Waals surface area (Å²) in [7, 11) is 0. The third-order valence-corrected chi connectivity index (χ3v) is 5.36. The van der Waals surface area contributed by atoms with Gasteiger partial charge in [-0.05, 0) is 37.7 Å². The second-order valence-electron chi connectivity index (χ2n) is 7.18. The van der Waals surface area contributed by atoms with E-state index in [1.54, 1.807) is 4.90 Å². The van der Waals surface area contributed by atoms with Gasteiger partial charge in [0.05, 0.1) is 6.54 Å². The number of aliphatic hydroxyl groups is 1. The molecule has 0 atom stereocenters. The van der Waals surface area contributed by atoms with Crippen LogP contribution in [0.1, 0.15) is 48.6 Å². The number of carbonyl (C=O) groups excluding carboxylic acids is 1. The standard InChI is InChI=1S/C20H24N2O3/c23-19(20(24)11-4-5-12-20)22-13-10-17-16(14-22)21-18(25-17)9-8-15-6-2-1-3-7-15/h1-3,6-7,24H,4-5,8-14H2. The lowest BCUT2D eigenvalue weighted by Crippen LogP contribution is -2.49. The molecule has 2 heterocycles. The van der Waals surface area contributed by atoms with E-state index in [4.69, 9.17) is 4.42 Å². The maximum absolute atomic E-state index is 12.7. The highest BCUT2D eigenvalue weighted by molar-refractivity contribution is 5.85. The van der Waals surface area contributed by atoms with Crippen LogP contribution < -0.4 is 0 Å². The number of amides is 1. The van der Waals surface area contributed by atoms with E-state index in [9.17, 15) is 9.90 Å². The van der Waals surface area contributed by atoms with Crippen LogP contribution in [0.4, 0.5) is 0 Å². The SMILES string of the molecule is O=C(N1CCc2oc(CCc3ccccc3)nc2C1)C1(O)CCCC1. The lowest BCUT2D eigenvalue weighted by Gasteiger charge is -2.32. The minimum Gasteiger partial charge on any atom is -0.445 e. The van der Waals surface area contributed by atoms with Gasteiger partial charge in [-0.1, -0.05) is 30.3 Å². The van der Waals surface area contributed by atoms with Crippen molar-refractivity contribution in [3.63, 3.8) is 0 Å². The lowest BCUT2D eigenvalue weighted by molar-refractivity contribution is -0.151. The number of oxazole rings is 1. The van der Waals surface area contributed by atoms with Crippen LogP contribution in [0.15, 0.2) is 34.7 Å². The molecule has 0 bridgehead atoms. The van der Waals surface area contributed by atoms with Crippen LogP contribution in [0.3, 0.4) is 0 Å². The van der Waals surface area contributed by atoms with Crippen LogP contribution in [0.25, 0.3) is 0 Å². The molecule has 5 heteroatoms. The largest absolute Gasteiger partial charge is 0.445 e. The molecule has 1 aromatic carbocycles. The van der Waals surface area contributed by atoms with E-state index < -0.39 is 5.60 Å². The molecule has 25 heavy (non-hydrogen) atoms. The van der Waals surface area contributed by atoms with Crippen LogP contribution in [0.2, 0.25) is 0 Å². The lowest BCUT2D eigenvalue weighted by atomic mass is 9.99. The molecule has 132 valence electrons. The van der Waals surface area contributed by atoms with Gasteiger partial charge in [0.1, 0.15) is 17.1 Å². The van der Waals surface area contributed by atoms with Crippen molar-refractivity contribution >= 4 is 5.91 Å². The van der Waals surface area contributed by atoms with Crippen molar-refractivity contribution < 1.29 is 14.3 Å². The van der Waals surface area contributed by atoms with Crippen molar-refractivity contribution in [2.24, 2.45) is 0 Å². The predicted octanol–water partition coefficient (Wildman–Crippen LogP) is 2.65. The maximum atomic E-state index is 12.7. The van der Waals surface area contributed by atoms with Crippen LogP contribution in [-0.4, -0.2) is 33.0 Å². The predicted molar refractivity (Wildman–Crippen MR) is 92.9 cm³/mol. The Morgan fingerprint density at radius 3 is 2.72 bits per heavy atom. The number of hydrogen-bond acceptors (Lipinski definition) is 4. The first-order valence-electron chi connectivity index (χ1n) is 9.17. The fraction of sp³-hybridized carbons (Fsp3) is 0.500. The second kappa shape index (κ2) is 6.64. The molecule has 5 nitrogen and oxygen atoms in total. The zero-order valence-electron chi connectivity index (χ0n) is 14.4. The van der Waals surface area contributed by atoms with Crippen LogP contribution in [0, 0.1) is 0 Å². The zero-order valence-corrected chi connectivity index (χ0v) is 14.4. The van der Waals surface area contributed by atoms with Gasteiger partial charge in [-0.3, -0.25) is 4.79 Å². The molecular formula is C20H24N2O3. The first kappa shape index (κ1) is 16.3.